The number of hydrogen-bond donors (Lipinski definition) is 4. The van der Waals surface area contributed by atoms with Gasteiger partial charge in [-0.2, -0.15) is 0 Å². The van der Waals surface area contributed by atoms with Gasteiger partial charge in [-0.3, -0.25) is 4.79 Å². The molecule has 0 saturated carbocycles. The van der Waals surface area contributed by atoms with E-state index in [9.17, 15) is 14.4 Å². The molecule has 19 heavy (non-hydrogen) atoms. The Kier molecular flexibility index (Phi) is 3.60. The highest BCUT2D eigenvalue weighted by molar-refractivity contribution is 5.98. The number of urea groups is 1. The molecule has 1 atom stereocenters. The zero-order valence-electron chi connectivity index (χ0n) is 9.84. The minimum Gasteiger partial charge on any atom is -0.476 e. The molecule has 1 aliphatic heterocycles. The molecule has 2 heterocycles. The van der Waals surface area contributed by atoms with E-state index < -0.39 is 12.0 Å². The number of rotatable bonds is 3. The highest BCUT2D eigenvalue weighted by atomic mass is 16.4. The topological polar surface area (TPSA) is 120 Å². The summed E-state index contributed by atoms with van der Waals surface area (Å²) < 4.78 is 0. The van der Waals surface area contributed by atoms with Crippen molar-refractivity contribution < 1.29 is 19.5 Å². The molecule has 0 radical (unpaired) electrons. The van der Waals surface area contributed by atoms with Crippen molar-refractivity contribution in [3.05, 3.63) is 24.0 Å². The number of amides is 3. The predicted octanol–water partition coefficient (Wildman–Crippen LogP) is -0.210. The maximum atomic E-state index is 11.7. The lowest BCUT2D eigenvalue weighted by Crippen LogP contribution is -2.39. The monoisotopic (exact) mass is 264 g/mol. The van der Waals surface area contributed by atoms with Gasteiger partial charge in [0.2, 0.25) is 5.91 Å². The summed E-state index contributed by atoms with van der Waals surface area (Å²) >= 11 is 0. The summed E-state index contributed by atoms with van der Waals surface area (Å²) in [6.07, 6.45) is 1.54. The number of carbonyl (C=O) groups excluding carboxylic acids is 2. The van der Waals surface area contributed by atoms with Gasteiger partial charge >= 0.3 is 12.0 Å². The van der Waals surface area contributed by atoms with Gasteiger partial charge in [0.25, 0.3) is 0 Å². The number of nitrogens with zero attached hydrogens (tertiary/aromatic N) is 1. The van der Waals surface area contributed by atoms with Crippen molar-refractivity contribution in [2.45, 2.75) is 12.5 Å². The number of carbonyl (C=O) groups is 3. The molecule has 1 aliphatic rings. The van der Waals surface area contributed by atoms with Gasteiger partial charge in [0.05, 0.1) is 11.7 Å². The Balaban J connectivity index is 1.99. The molecule has 2 rings (SSSR count). The fourth-order valence-electron chi connectivity index (χ4n) is 1.73. The number of hydrogen-bond acceptors (Lipinski definition) is 4. The second kappa shape index (κ2) is 5.34. The van der Waals surface area contributed by atoms with Gasteiger partial charge < -0.3 is 21.1 Å². The molecule has 8 nitrogen and oxygen atoms in total. The normalized spacial score (nSPS) is 17.7. The van der Waals surface area contributed by atoms with Crippen LogP contribution in [0.2, 0.25) is 0 Å². The minimum absolute atomic E-state index is 0.102. The van der Waals surface area contributed by atoms with Gasteiger partial charge in [-0.1, -0.05) is 0 Å². The Morgan fingerprint density at radius 2 is 2.26 bits per heavy atom. The first-order valence-corrected chi connectivity index (χ1v) is 5.59. The van der Waals surface area contributed by atoms with Gasteiger partial charge in [-0.05, 0) is 12.1 Å². The van der Waals surface area contributed by atoms with Crippen molar-refractivity contribution >= 4 is 23.6 Å². The summed E-state index contributed by atoms with van der Waals surface area (Å²) in [5.41, 5.74) is -0.136. The lowest BCUT2D eigenvalue weighted by molar-refractivity contribution is -0.119. The lowest BCUT2D eigenvalue weighted by atomic mass is 10.2. The van der Waals surface area contributed by atoms with Crippen LogP contribution in [0, 0.1) is 0 Å². The summed E-state index contributed by atoms with van der Waals surface area (Å²) in [7, 11) is 0. The molecule has 8 heteroatoms. The van der Waals surface area contributed by atoms with E-state index in [0.29, 0.717) is 6.54 Å². The average Bonchev–Trinajstić information content (AvgIpc) is 2.75. The number of nitrogens with one attached hydrogen (secondary N) is 3. The van der Waals surface area contributed by atoms with E-state index >= 15 is 0 Å². The third-order valence-corrected chi connectivity index (χ3v) is 2.57. The molecule has 100 valence electrons. The molecule has 0 spiro atoms. The van der Waals surface area contributed by atoms with Crippen LogP contribution in [0.3, 0.4) is 0 Å². The van der Waals surface area contributed by atoms with E-state index in [1.54, 1.807) is 0 Å². The maximum Gasteiger partial charge on any atom is 0.356 e. The van der Waals surface area contributed by atoms with Crippen molar-refractivity contribution in [1.29, 1.82) is 0 Å². The van der Waals surface area contributed by atoms with Gasteiger partial charge in [-0.25, -0.2) is 14.6 Å². The fraction of sp³-hybridized carbons (Fsp3) is 0.273. The number of aromatic carboxylic acids is 1. The first-order chi connectivity index (χ1) is 9.06. The second-order valence-corrected chi connectivity index (χ2v) is 4.01. The van der Waals surface area contributed by atoms with Gasteiger partial charge in [-0.15, -0.1) is 0 Å². The standard InChI is InChI=1S/C11H12N4O4/c16-8-4-6(5-13-8)14-11(19)15-7-2-1-3-12-9(7)10(17)18/h1-3,6H,4-5H2,(H,13,16)(H,17,18)(H2,14,15,19). The van der Waals surface area contributed by atoms with Crippen LogP contribution in [0.15, 0.2) is 18.3 Å². The first-order valence-electron chi connectivity index (χ1n) is 5.59. The third-order valence-electron chi connectivity index (χ3n) is 2.57. The summed E-state index contributed by atoms with van der Waals surface area (Å²) in [6.45, 7) is 0.366. The Hall–Kier alpha value is -2.64. The van der Waals surface area contributed by atoms with Crippen molar-refractivity contribution in [1.82, 2.24) is 15.6 Å². The Labute approximate surface area is 108 Å². The molecular formula is C11H12N4O4. The Bertz CT molecular complexity index is 531. The third kappa shape index (κ3) is 3.18. The molecule has 1 fully saturated rings. The van der Waals surface area contributed by atoms with Crippen LogP contribution < -0.4 is 16.0 Å². The van der Waals surface area contributed by atoms with Crippen LogP contribution >= 0.6 is 0 Å². The smallest absolute Gasteiger partial charge is 0.356 e. The molecule has 1 aromatic heterocycles. The molecule has 0 bridgehead atoms. The molecule has 4 N–H and O–H groups in total. The molecular weight excluding hydrogens is 252 g/mol. The average molecular weight is 264 g/mol. The maximum absolute atomic E-state index is 11.7. The van der Waals surface area contributed by atoms with E-state index in [2.05, 4.69) is 20.9 Å². The van der Waals surface area contributed by atoms with E-state index in [4.69, 9.17) is 5.11 Å². The number of anilines is 1. The van der Waals surface area contributed by atoms with Crippen LogP contribution in [0.4, 0.5) is 10.5 Å². The van der Waals surface area contributed by atoms with Crippen LogP contribution in [0.5, 0.6) is 0 Å². The molecule has 1 aromatic rings. The van der Waals surface area contributed by atoms with Crippen LogP contribution in [0.25, 0.3) is 0 Å². The summed E-state index contributed by atoms with van der Waals surface area (Å²) in [5.74, 6) is -1.36. The van der Waals surface area contributed by atoms with Crippen molar-refractivity contribution in [2.75, 3.05) is 11.9 Å². The fourth-order valence-corrected chi connectivity index (χ4v) is 1.73. The van der Waals surface area contributed by atoms with E-state index in [1.165, 1.54) is 18.3 Å². The molecule has 3 amide bonds. The van der Waals surface area contributed by atoms with Crippen molar-refractivity contribution in [2.24, 2.45) is 0 Å². The number of pyridine rings is 1. The van der Waals surface area contributed by atoms with Crippen LogP contribution in [-0.4, -0.2) is 40.6 Å². The predicted molar refractivity (Wildman–Crippen MR) is 64.8 cm³/mol. The SMILES string of the molecule is O=C1CC(NC(=O)Nc2cccnc2C(=O)O)CN1. The minimum atomic E-state index is -1.23. The zero-order valence-corrected chi connectivity index (χ0v) is 9.84. The van der Waals surface area contributed by atoms with Gasteiger partial charge in [0, 0.05) is 19.2 Å². The molecule has 1 unspecified atom stereocenters. The van der Waals surface area contributed by atoms with E-state index in [1.807, 2.05) is 0 Å². The number of carboxylic acid groups (broad SMARTS) is 1. The number of carboxylic acids is 1. The van der Waals surface area contributed by atoms with Crippen molar-refractivity contribution in [3.8, 4) is 0 Å². The largest absolute Gasteiger partial charge is 0.476 e. The molecule has 1 saturated heterocycles. The summed E-state index contributed by atoms with van der Waals surface area (Å²) in [6, 6.07) is 2.09. The lowest BCUT2D eigenvalue weighted by Gasteiger charge is -2.12. The van der Waals surface area contributed by atoms with Crippen LogP contribution in [0.1, 0.15) is 16.9 Å². The van der Waals surface area contributed by atoms with E-state index in [0.717, 1.165) is 0 Å². The molecule has 0 aliphatic carbocycles. The highest BCUT2D eigenvalue weighted by Crippen LogP contribution is 2.12. The zero-order chi connectivity index (χ0) is 13.8. The number of aromatic nitrogens is 1. The van der Waals surface area contributed by atoms with Crippen LogP contribution in [-0.2, 0) is 4.79 Å². The second-order valence-electron chi connectivity index (χ2n) is 4.01. The highest BCUT2D eigenvalue weighted by Gasteiger charge is 2.23. The Morgan fingerprint density at radius 3 is 2.89 bits per heavy atom. The quantitative estimate of drug-likeness (QED) is 0.602. The first kappa shape index (κ1) is 12.8. The Morgan fingerprint density at radius 1 is 1.47 bits per heavy atom. The van der Waals surface area contributed by atoms with Crippen molar-refractivity contribution in [3.63, 3.8) is 0 Å². The van der Waals surface area contributed by atoms with E-state index in [-0.39, 0.29) is 29.8 Å². The molecule has 0 aromatic carbocycles. The van der Waals surface area contributed by atoms with Gasteiger partial charge in [0.15, 0.2) is 5.69 Å². The summed E-state index contributed by atoms with van der Waals surface area (Å²) in [4.78, 5) is 37.2. The van der Waals surface area contributed by atoms with Gasteiger partial charge in [0.1, 0.15) is 0 Å². The summed E-state index contributed by atoms with van der Waals surface area (Å²) in [5, 5.41) is 16.5.